The van der Waals surface area contributed by atoms with Gasteiger partial charge in [0.1, 0.15) is 11.6 Å². The van der Waals surface area contributed by atoms with Crippen molar-refractivity contribution >= 4 is 5.97 Å². The first-order valence-corrected chi connectivity index (χ1v) is 7.76. The SMILES string of the molecule is O=C(O)c1ccc2c(c1)OC(c1ccccc1F)(c1ccccc1F)O2. The van der Waals surface area contributed by atoms with Crippen LogP contribution in [0.2, 0.25) is 0 Å². The molecular formula is C20H12F2O4. The Kier molecular flexibility index (Phi) is 3.61. The van der Waals surface area contributed by atoms with Gasteiger partial charge in [0.25, 0.3) is 0 Å². The molecule has 3 aromatic carbocycles. The third-order valence-electron chi connectivity index (χ3n) is 4.15. The molecule has 26 heavy (non-hydrogen) atoms. The molecule has 0 saturated heterocycles. The number of carbonyl (C=O) groups is 1. The molecule has 0 aromatic heterocycles. The molecule has 1 heterocycles. The van der Waals surface area contributed by atoms with Crippen LogP contribution in [-0.4, -0.2) is 11.1 Å². The van der Waals surface area contributed by atoms with E-state index < -0.39 is 23.4 Å². The Morgan fingerprint density at radius 3 is 1.88 bits per heavy atom. The highest BCUT2D eigenvalue weighted by atomic mass is 19.1. The average molecular weight is 354 g/mol. The van der Waals surface area contributed by atoms with Crippen LogP contribution in [-0.2, 0) is 5.79 Å². The number of rotatable bonds is 3. The van der Waals surface area contributed by atoms with E-state index in [0.717, 1.165) is 0 Å². The molecule has 6 heteroatoms. The first kappa shape index (κ1) is 16.1. The highest BCUT2D eigenvalue weighted by Crippen LogP contribution is 2.49. The van der Waals surface area contributed by atoms with E-state index >= 15 is 0 Å². The second kappa shape index (κ2) is 5.84. The zero-order valence-corrected chi connectivity index (χ0v) is 13.3. The van der Waals surface area contributed by atoms with Crippen molar-refractivity contribution in [3.05, 3.63) is 95.1 Å². The van der Waals surface area contributed by atoms with Crippen LogP contribution in [0.25, 0.3) is 0 Å². The van der Waals surface area contributed by atoms with E-state index in [1.54, 1.807) is 12.1 Å². The van der Waals surface area contributed by atoms with E-state index in [2.05, 4.69) is 0 Å². The van der Waals surface area contributed by atoms with E-state index in [9.17, 15) is 13.6 Å². The van der Waals surface area contributed by atoms with Gasteiger partial charge in [-0.05, 0) is 42.5 Å². The number of aromatic carboxylic acids is 1. The molecule has 0 spiro atoms. The maximum atomic E-state index is 14.6. The topological polar surface area (TPSA) is 55.8 Å². The molecule has 1 aliphatic rings. The molecule has 4 rings (SSSR count). The van der Waals surface area contributed by atoms with Gasteiger partial charge in [0.2, 0.25) is 0 Å². The fraction of sp³-hybridized carbons (Fsp3) is 0.0500. The van der Waals surface area contributed by atoms with Crippen LogP contribution in [0, 0.1) is 11.6 Å². The first-order valence-electron chi connectivity index (χ1n) is 7.76. The summed E-state index contributed by atoms with van der Waals surface area (Å²) in [5.74, 6) is -4.02. The molecule has 0 saturated carbocycles. The molecule has 0 radical (unpaired) electrons. The summed E-state index contributed by atoms with van der Waals surface area (Å²) in [5.41, 5.74) is -0.0541. The molecule has 0 bridgehead atoms. The summed E-state index contributed by atoms with van der Waals surface area (Å²) >= 11 is 0. The van der Waals surface area contributed by atoms with Crippen molar-refractivity contribution in [2.24, 2.45) is 0 Å². The molecule has 130 valence electrons. The second-order valence-electron chi connectivity index (χ2n) is 5.75. The van der Waals surface area contributed by atoms with Gasteiger partial charge in [-0.3, -0.25) is 0 Å². The number of hydrogen-bond donors (Lipinski definition) is 1. The second-order valence-corrected chi connectivity index (χ2v) is 5.75. The third-order valence-corrected chi connectivity index (χ3v) is 4.15. The van der Waals surface area contributed by atoms with Gasteiger partial charge < -0.3 is 14.6 Å². The lowest BCUT2D eigenvalue weighted by molar-refractivity contribution is -0.0514. The van der Waals surface area contributed by atoms with E-state index in [-0.39, 0.29) is 28.2 Å². The lowest BCUT2D eigenvalue weighted by Crippen LogP contribution is -2.38. The van der Waals surface area contributed by atoms with Crippen molar-refractivity contribution in [1.29, 1.82) is 0 Å². The fourth-order valence-electron chi connectivity index (χ4n) is 2.96. The van der Waals surface area contributed by atoms with E-state index in [1.165, 1.54) is 54.6 Å². The van der Waals surface area contributed by atoms with Gasteiger partial charge in [0.15, 0.2) is 11.5 Å². The van der Waals surface area contributed by atoms with Crippen molar-refractivity contribution in [1.82, 2.24) is 0 Å². The normalized spacial score (nSPS) is 14.2. The number of fused-ring (bicyclic) bond motifs is 1. The van der Waals surface area contributed by atoms with Crippen LogP contribution in [0.1, 0.15) is 21.5 Å². The maximum Gasteiger partial charge on any atom is 0.335 e. The van der Waals surface area contributed by atoms with Gasteiger partial charge >= 0.3 is 11.8 Å². The predicted molar refractivity (Wildman–Crippen MR) is 88.2 cm³/mol. The van der Waals surface area contributed by atoms with Gasteiger partial charge in [0.05, 0.1) is 16.7 Å². The fourth-order valence-corrected chi connectivity index (χ4v) is 2.96. The van der Waals surface area contributed by atoms with Crippen LogP contribution in [0.3, 0.4) is 0 Å². The molecule has 1 aliphatic heterocycles. The highest BCUT2D eigenvalue weighted by Gasteiger charge is 2.49. The molecule has 0 atom stereocenters. The van der Waals surface area contributed by atoms with Crippen LogP contribution < -0.4 is 9.47 Å². The predicted octanol–water partition coefficient (Wildman–Crippen LogP) is 4.34. The molecule has 3 aromatic rings. The van der Waals surface area contributed by atoms with Crippen molar-refractivity contribution in [3.8, 4) is 11.5 Å². The van der Waals surface area contributed by atoms with Gasteiger partial charge in [-0.15, -0.1) is 0 Å². The molecule has 1 N–H and O–H groups in total. The summed E-state index contributed by atoms with van der Waals surface area (Å²) in [4.78, 5) is 11.2. The minimum Gasteiger partial charge on any atom is -0.478 e. The number of ether oxygens (including phenoxy) is 2. The van der Waals surface area contributed by atoms with Crippen molar-refractivity contribution < 1.29 is 28.2 Å². The summed E-state index contributed by atoms with van der Waals surface area (Å²) in [6, 6.07) is 15.5. The largest absolute Gasteiger partial charge is 0.478 e. The van der Waals surface area contributed by atoms with Gasteiger partial charge in [-0.1, -0.05) is 24.3 Å². The summed E-state index contributed by atoms with van der Waals surface area (Å²) < 4.78 is 40.8. The van der Waals surface area contributed by atoms with Crippen LogP contribution in [0.5, 0.6) is 11.5 Å². The zero-order valence-electron chi connectivity index (χ0n) is 13.3. The van der Waals surface area contributed by atoms with Crippen LogP contribution >= 0.6 is 0 Å². The Balaban J connectivity index is 1.93. The Labute approximate surface area is 147 Å². The van der Waals surface area contributed by atoms with E-state index in [0.29, 0.717) is 0 Å². The van der Waals surface area contributed by atoms with Gasteiger partial charge in [-0.25, -0.2) is 13.6 Å². The minimum absolute atomic E-state index is 0.0156. The first-order chi connectivity index (χ1) is 12.5. The minimum atomic E-state index is -1.89. The lowest BCUT2D eigenvalue weighted by Gasteiger charge is -2.29. The average Bonchev–Trinajstić information content (AvgIpc) is 3.01. The Bertz CT molecular complexity index is 971. The number of benzene rings is 3. The number of carboxylic acid groups (broad SMARTS) is 1. The number of hydrogen-bond acceptors (Lipinski definition) is 3. The molecule has 0 fully saturated rings. The Hall–Kier alpha value is -3.41. The summed E-state index contributed by atoms with van der Waals surface area (Å²) in [5, 5.41) is 9.15. The smallest absolute Gasteiger partial charge is 0.335 e. The number of carboxylic acids is 1. The summed E-state index contributed by atoms with van der Waals surface area (Å²) in [6.07, 6.45) is 0. The van der Waals surface area contributed by atoms with E-state index in [1.807, 2.05) is 0 Å². The monoisotopic (exact) mass is 354 g/mol. The molecule has 0 amide bonds. The third kappa shape index (κ3) is 2.38. The highest BCUT2D eigenvalue weighted by molar-refractivity contribution is 5.88. The quantitative estimate of drug-likeness (QED) is 0.760. The lowest BCUT2D eigenvalue weighted by atomic mass is 9.96. The van der Waals surface area contributed by atoms with Gasteiger partial charge in [0, 0.05) is 0 Å². The Morgan fingerprint density at radius 2 is 1.35 bits per heavy atom. The molecule has 0 aliphatic carbocycles. The standard InChI is InChI=1S/C20H12F2O4/c21-15-7-3-1-5-13(15)20(14-6-2-4-8-16(14)22)25-17-10-9-12(19(23)24)11-18(17)26-20/h1-11H,(H,23,24). The van der Waals surface area contributed by atoms with E-state index in [4.69, 9.17) is 14.6 Å². The van der Waals surface area contributed by atoms with Crippen LogP contribution in [0.15, 0.2) is 66.7 Å². The van der Waals surface area contributed by atoms with Crippen molar-refractivity contribution in [2.75, 3.05) is 0 Å². The zero-order chi connectivity index (χ0) is 18.3. The molecular weight excluding hydrogens is 342 g/mol. The Morgan fingerprint density at radius 1 is 0.808 bits per heavy atom. The number of halogens is 2. The summed E-state index contributed by atoms with van der Waals surface area (Å²) in [6.45, 7) is 0. The van der Waals surface area contributed by atoms with Crippen LogP contribution in [0.4, 0.5) is 8.78 Å². The molecule has 4 nitrogen and oxygen atoms in total. The molecule has 0 unspecified atom stereocenters. The van der Waals surface area contributed by atoms with Crippen molar-refractivity contribution in [2.45, 2.75) is 5.79 Å². The maximum absolute atomic E-state index is 14.6. The summed E-state index contributed by atoms with van der Waals surface area (Å²) in [7, 11) is 0. The van der Waals surface area contributed by atoms with Gasteiger partial charge in [-0.2, -0.15) is 0 Å². The van der Waals surface area contributed by atoms with Crippen molar-refractivity contribution in [3.63, 3.8) is 0 Å².